The van der Waals surface area contributed by atoms with Crippen LogP contribution in [0, 0.1) is 28.6 Å². The van der Waals surface area contributed by atoms with Gasteiger partial charge in [-0.15, -0.1) is 0 Å². The van der Waals surface area contributed by atoms with Gasteiger partial charge in [-0.05, 0) is 36.1 Å². The van der Waals surface area contributed by atoms with E-state index >= 15 is 0 Å². The van der Waals surface area contributed by atoms with Gasteiger partial charge in [-0.2, -0.15) is 5.26 Å². The van der Waals surface area contributed by atoms with Crippen molar-refractivity contribution in [1.82, 2.24) is 0 Å². The zero-order valence-electron chi connectivity index (χ0n) is 18.9. The fourth-order valence-electron chi connectivity index (χ4n) is 3.71. The van der Waals surface area contributed by atoms with Crippen molar-refractivity contribution in [2.75, 3.05) is 6.61 Å². The quantitative estimate of drug-likeness (QED) is 0.186. The first-order valence-electron chi connectivity index (χ1n) is 11.1. The van der Waals surface area contributed by atoms with E-state index in [-0.39, 0.29) is 17.3 Å². The number of carbonyl (C=O) groups is 1. The molecule has 1 unspecified atom stereocenters. The summed E-state index contributed by atoms with van der Waals surface area (Å²) in [6.45, 7) is 6.68. The minimum absolute atomic E-state index is 0.0757. The van der Waals surface area contributed by atoms with Crippen LogP contribution in [0.3, 0.4) is 0 Å². The maximum Gasteiger partial charge on any atom is 0.311 e. The van der Waals surface area contributed by atoms with E-state index in [9.17, 15) is 10.1 Å². The Morgan fingerprint density at radius 2 is 1.91 bits per heavy atom. The Morgan fingerprint density at radius 1 is 1.16 bits per heavy atom. The highest BCUT2D eigenvalue weighted by Gasteiger charge is 2.62. The average Bonchev–Trinajstić information content (AvgIpc) is 3.35. The van der Waals surface area contributed by atoms with Gasteiger partial charge in [-0.1, -0.05) is 69.1 Å². The third kappa shape index (κ3) is 5.88. The van der Waals surface area contributed by atoms with Crippen LogP contribution >= 0.6 is 0 Å². The second-order valence-electron chi connectivity index (χ2n) is 8.55. The fourth-order valence-corrected chi connectivity index (χ4v) is 3.71. The van der Waals surface area contributed by atoms with Gasteiger partial charge in [0.15, 0.2) is 0 Å². The topological polar surface area (TPSA) is 80.9 Å². The van der Waals surface area contributed by atoms with Gasteiger partial charge in [-0.25, -0.2) is 0 Å². The molecule has 0 spiro atoms. The van der Waals surface area contributed by atoms with Gasteiger partial charge in [0, 0.05) is 17.7 Å². The van der Waals surface area contributed by atoms with Crippen LogP contribution in [0.4, 0.5) is 0 Å². The van der Waals surface area contributed by atoms with Gasteiger partial charge in [0.05, 0.1) is 5.92 Å². The van der Waals surface area contributed by atoms with Crippen LogP contribution in [0.15, 0.2) is 59.8 Å². The Bertz CT molecular complexity index is 965. The largest absolute Gasteiger partial charge is 0.457 e. The summed E-state index contributed by atoms with van der Waals surface area (Å²) in [5.74, 6) is 0.424. The Morgan fingerprint density at radius 3 is 2.62 bits per heavy atom. The minimum atomic E-state index is -1.01. The molecule has 0 bridgehead atoms. The number of ether oxygens (including phenoxy) is 2. The predicted molar refractivity (Wildman–Crippen MR) is 122 cm³/mol. The second kappa shape index (κ2) is 10.8. The summed E-state index contributed by atoms with van der Waals surface area (Å²) in [7, 11) is 0. The normalized spacial score (nSPS) is 19.7. The van der Waals surface area contributed by atoms with Crippen molar-refractivity contribution in [2.45, 2.75) is 46.1 Å². The summed E-state index contributed by atoms with van der Waals surface area (Å²) in [6.07, 6.45) is 3.86. The monoisotopic (exact) mass is 434 g/mol. The minimum Gasteiger partial charge on any atom is -0.457 e. The molecule has 0 amide bonds. The molecule has 0 aromatic heterocycles. The lowest BCUT2D eigenvalue weighted by molar-refractivity contribution is -0.149. The molecule has 3 atom stereocenters. The van der Waals surface area contributed by atoms with E-state index in [0.29, 0.717) is 23.7 Å². The molecule has 1 saturated carbocycles. The second-order valence-corrected chi connectivity index (χ2v) is 8.55. The number of rotatable bonds is 11. The number of para-hydroxylation sites is 1. The van der Waals surface area contributed by atoms with Crippen molar-refractivity contribution in [2.24, 2.45) is 22.4 Å². The number of oxime groups is 1. The summed E-state index contributed by atoms with van der Waals surface area (Å²) in [4.78, 5) is 18.1. The Labute approximate surface area is 189 Å². The van der Waals surface area contributed by atoms with Crippen molar-refractivity contribution in [3.8, 4) is 17.6 Å². The molecule has 0 heterocycles. The highest BCUT2D eigenvalue weighted by atomic mass is 16.6. The number of hydrogen-bond donors (Lipinski definition) is 0. The number of benzene rings is 2. The molecule has 1 aliphatic rings. The first kappa shape index (κ1) is 23.3. The van der Waals surface area contributed by atoms with E-state index < -0.39 is 12.1 Å². The maximum absolute atomic E-state index is 12.8. The molecule has 0 aliphatic heterocycles. The van der Waals surface area contributed by atoms with Crippen LogP contribution in [-0.2, 0) is 14.4 Å². The zero-order valence-corrected chi connectivity index (χ0v) is 18.9. The smallest absolute Gasteiger partial charge is 0.311 e. The summed E-state index contributed by atoms with van der Waals surface area (Å²) in [5.41, 5.74) is 0.281. The zero-order chi connectivity index (χ0) is 23.0. The van der Waals surface area contributed by atoms with E-state index in [2.05, 4.69) is 18.1 Å². The van der Waals surface area contributed by atoms with Gasteiger partial charge >= 0.3 is 5.97 Å². The predicted octanol–water partition coefficient (Wildman–Crippen LogP) is 6.05. The average molecular weight is 435 g/mol. The van der Waals surface area contributed by atoms with Gasteiger partial charge in [0.25, 0.3) is 0 Å². The Hall–Kier alpha value is -3.33. The highest BCUT2D eigenvalue weighted by molar-refractivity contribution is 5.85. The third-order valence-corrected chi connectivity index (χ3v) is 5.79. The van der Waals surface area contributed by atoms with E-state index in [4.69, 9.17) is 14.3 Å². The molecule has 2 aromatic carbocycles. The highest BCUT2D eigenvalue weighted by Crippen LogP contribution is 2.58. The molecular weight excluding hydrogens is 404 g/mol. The molecule has 3 rings (SSSR count). The number of nitrogens with zero attached hydrogens (tertiary/aromatic N) is 2. The number of unbranched alkanes of at least 4 members (excludes halogenated alkanes) is 2. The van der Waals surface area contributed by atoms with Crippen molar-refractivity contribution in [3.63, 3.8) is 0 Å². The molecule has 6 heteroatoms. The molecule has 0 radical (unpaired) electrons. The Kier molecular flexibility index (Phi) is 7.88. The van der Waals surface area contributed by atoms with Crippen molar-refractivity contribution in [1.29, 1.82) is 5.26 Å². The number of esters is 1. The summed E-state index contributed by atoms with van der Waals surface area (Å²) in [5, 5.41) is 13.7. The van der Waals surface area contributed by atoms with Crippen LogP contribution in [0.25, 0.3) is 0 Å². The molecule has 0 N–H and O–H groups in total. The lowest BCUT2D eigenvalue weighted by Gasteiger charge is -2.13. The first-order chi connectivity index (χ1) is 15.5. The van der Waals surface area contributed by atoms with Crippen molar-refractivity contribution >= 4 is 12.2 Å². The molecule has 1 aliphatic carbocycles. The van der Waals surface area contributed by atoms with Crippen molar-refractivity contribution in [3.05, 3.63) is 60.2 Å². The molecular formula is C26H30N2O4. The van der Waals surface area contributed by atoms with Crippen LogP contribution in [0.2, 0.25) is 0 Å². The Balaban J connectivity index is 1.59. The lowest BCUT2D eigenvalue weighted by atomic mass is 10.1. The van der Waals surface area contributed by atoms with Gasteiger partial charge in [-0.3, -0.25) is 4.79 Å². The van der Waals surface area contributed by atoms with Crippen LogP contribution in [-0.4, -0.2) is 18.8 Å². The standard InChI is InChI=1S/C26H30N2O4/c1-4-5-9-15-30-28-18-22-24(26(22,2)3)25(29)32-23(17-27)19-11-10-14-21(16-19)31-20-12-7-6-8-13-20/h6-8,10-14,16,18,22-24H,4-5,9,15H2,1-3H3/t22-,23?,24+/m1/s1. The molecule has 168 valence electrons. The van der Waals surface area contributed by atoms with E-state index in [1.165, 1.54) is 0 Å². The molecule has 0 saturated heterocycles. The van der Waals surface area contributed by atoms with Gasteiger partial charge in [0.1, 0.15) is 24.2 Å². The van der Waals surface area contributed by atoms with Crippen LogP contribution < -0.4 is 4.74 Å². The molecule has 6 nitrogen and oxygen atoms in total. The van der Waals surface area contributed by atoms with Crippen LogP contribution in [0.5, 0.6) is 11.5 Å². The van der Waals surface area contributed by atoms with Crippen molar-refractivity contribution < 1.29 is 19.1 Å². The SMILES string of the molecule is CCCCCON=C[C@@H]1[C@@H](C(=O)OC(C#N)c2cccc(Oc3ccccc3)c2)C1(C)C. The molecule has 2 aromatic rings. The third-order valence-electron chi connectivity index (χ3n) is 5.79. The lowest BCUT2D eigenvalue weighted by Crippen LogP contribution is -2.14. The summed E-state index contributed by atoms with van der Waals surface area (Å²) >= 11 is 0. The molecule has 32 heavy (non-hydrogen) atoms. The number of hydrogen-bond acceptors (Lipinski definition) is 6. The number of nitriles is 1. The molecule has 1 fully saturated rings. The number of carbonyl (C=O) groups excluding carboxylic acids is 1. The van der Waals surface area contributed by atoms with E-state index in [0.717, 1.165) is 19.3 Å². The first-order valence-corrected chi connectivity index (χ1v) is 11.1. The summed E-state index contributed by atoms with van der Waals surface area (Å²) in [6, 6.07) is 18.5. The van der Waals surface area contributed by atoms with Gasteiger partial charge in [0.2, 0.25) is 6.10 Å². The summed E-state index contributed by atoms with van der Waals surface area (Å²) < 4.78 is 11.4. The van der Waals surface area contributed by atoms with E-state index in [1.807, 2.05) is 44.2 Å². The van der Waals surface area contributed by atoms with Gasteiger partial charge < -0.3 is 14.3 Å². The van der Waals surface area contributed by atoms with E-state index in [1.54, 1.807) is 30.5 Å². The maximum atomic E-state index is 12.8. The van der Waals surface area contributed by atoms with Crippen LogP contribution in [0.1, 0.15) is 51.7 Å². The fraction of sp³-hybridized carbons (Fsp3) is 0.423.